The highest BCUT2D eigenvalue weighted by atomic mass is 79.9. The first-order valence-electron chi connectivity index (χ1n) is 5.97. The van der Waals surface area contributed by atoms with Crippen LogP contribution in [-0.4, -0.2) is 16.8 Å². The van der Waals surface area contributed by atoms with Gasteiger partial charge in [-0.3, -0.25) is 4.68 Å². The smallest absolute Gasteiger partial charge is 0.308 e. The Morgan fingerprint density at radius 2 is 2.05 bits per heavy atom. The van der Waals surface area contributed by atoms with E-state index in [0.29, 0.717) is 16.3 Å². The molecule has 0 fully saturated rings. The lowest BCUT2D eigenvalue weighted by Crippen LogP contribution is -2.21. The van der Waals surface area contributed by atoms with E-state index in [-0.39, 0.29) is 4.47 Å². The number of alkyl halides is 3. The Kier molecular flexibility index (Phi) is 4.65. The molecule has 114 valence electrons. The van der Waals surface area contributed by atoms with Gasteiger partial charge in [-0.2, -0.15) is 18.3 Å². The molecule has 1 atom stereocenters. The Morgan fingerprint density at radius 3 is 2.52 bits per heavy atom. The fourth-order valence-electron chi connectivity index (χ4n) is 2.15. The molecule has 21 heavy (non-hydrogen) atoms. The van der Waals surface area contributed by atoms with Crippen molar-refractivity contribution in [2.24, 2.45) is 7.05 Å². The van der Waals surface area contributed by atoms with Crippen LogP contribution in [0.1, 0.15) is 22.9 Å². The molecular weight excluding hydrogens is 371 g/mol. The molecule has 1 aromatic carbocycles. The number of hydrogen-bond acceptors (Lipinski definition) is 2. The molecule has 1 aromatic heterocycles. The number of aryl methyl sites for hydroxylation is 1. The van der Waals surface area contributed by atoms with Crippen molar-refractivity contribution >= 4 is 27.5 Å². The van der Waals surface area contributed by atoms with Gasteiger partial charge in [0, 0.05) is 11.5 Å². The van der Waals surface area contributed by atoms with Crippen molar-refractivity contribution in [2.45, 2.75) is 12.2 Å². The average molecular weight is 383 g/mol. The minimum Gasteiger partial charge on any atom is -0.308 e. The van der Waals surface area contributed by atoms with E-state index in [1.807, 2.05) is 0 Å². The van der Waals surface area contributed by atoms with Crippen LogP contribution in [0, 0.1) is 0 Å². The zero-order chi connectivity index (χ0) is 15.8. The van der Waals surface area contributed by atoms with Crippen LogP contribution in [0.3, 0.4) is 0 Å². The average Bonchev–Trinajstić information content (AvgIpc) is 2.72. The van der Waals surface area contributed by atoms with Gasteiger partial charge in [0.2, 0.25) is 0 Å². The maximum Gasteiger partial charge on any atom is 0.417 e. The molecule has 0 saturated heterocycles. The lowest BCUT2D eigenvalue weighted by molar-refractivity contribution is -0.138. The number of nitrogens with zero attached hydrogens (tertiary/aromatic N) is 2. The van der Waals surface area contributed by atoms with Gasteiger partial charge in [0.25, 0.3) is 0 Å². The molecule has 1 N–H and O–H groups in total. The molecule has 2 rings (SSSR count). The highest BCUT2D eigenvalue weighted by Gasteiger charge is 2.34. The first kappa shape index (κ1) is 16.3. The molecule has 3 nitrogen and oxygen atoms in total. The second kappa shape index (κ2) is 5.98. The molecule has 0 saturated carbocycles. The molecule has 0 spiro atoms. The van der Waals surface area contributed by atoms with Gasteiger partial charge in [-0.05, 0) is 24.7 Å². The van der Waals surface area contributed by atoms with Crippen LogP contribution in [0.15, 0.2) is 28.9 Å². The van der Waals surface area contributed by atoms with Gasteiger partial charge in [0.1, 0.15) is 0 Å². The number of aromatic nitrogens is 2. The molecule has 1 heterocycles. The summed E-state index contributed by atoms with van der Waals surface area (Å²) in [5.41, 5.74) is 0.340. The van der Waals surface area contributed by atoms with Crippen molar-refractivity contribution in [1.29, 1.82) is 0 Å². The summed E-state index contributed by atoms with van der Waals surface area (Å²) in [6, 6.07) is 3.62. The summed E-state index contributed by atoms with van der Waals surface area (Å²) in [4.78, 5) is 0. The van der Waals surface area contributed by atoms with Crippen LogP contribution < -0.4 is 5.32 Å². The highest BCUT2D eigenvalue weighted by Crippen LogP contribution is 2.37. The monoisotopic (exact) mass is 381 g/mol. The number of benzene rings is 1. The maximum atomic E-state index is 13.0. The van der Waals surface area contributed by atoms with E-state index in [9.17, 15) is 13.2 Å². The van der Waals surface area contributed by atoms with Crippen molar-refractivity contribution in [3.05, 3.63) is 50.7 Å². The van der Waals surface area contributed by atoms with Gasteiger partial charge >= 0.3 is 6.18 Å². The van der Waals surface area contributed by atoms with Gasteiger partial charge in [0.15, 0.2) is 0 Å². The second-order valence-electron chi connectivity index (χ2n) is 4.46. The lowest BCUT2D eigenvalue weighted by Gasteiger charge is -2.20. The molecular formula is C13H12BrClF3N3. The van der Waals surface area contributed by atoms with E-state index in [4.69, 9.17) is 11.6 Å². The molecule has 0 bridgehead atoms. The van der Waals surface area contributed by atoms with Crippen molar-refractivity contribution in [3.63, 3.8) is 0 Å². The zero-order valence-corrected chi connectivity index (χ0v) is 13.5. The van der Waals surface area contributed by atoms with E-state index in [1.54, 1.807) is 24.8 Å². The quantitative estimate of drug-likeness (QED) is 0.864. The van der Waals surface area contributed by atoms with Crippen LogP contribution in [0.4, 0.5) is 13.2 Å². The van der Waals surface area contributed by atoms with Crippen LogP contribution in [0.2, 0.25) is 5.02 Å². The minimum atomic E-state index is -4.43. The van der Waals surface area contributed by atoms with Gasteiger partial charge in [-0.15, -0.1) is 0 Å². The first-order chi connectivity index (χ1) is 9.75. The summed E-state index contributed by atoms with van der Waals surface area (Å²) in [6.07, 6.45) is -2.96. The lowest BCUT2D eigenvalue weighted by atomic mass is 10.0. The van der Waals surface area contributed by atoms with Gasteiger partial charge in [-0.1, -0.05) is 33.6 Å². The molecule has 0 aliphatic rings. The SMILES string of the molecule is CNC(c1ccc(Br)c(C(F)(F)F)c1)c1c(Cl)cnn1C. The second-order valence-corrected chi connectivity index (χ2v) is 5.72. The summed E-state index contributed by atoms with van der Waals surface area (Å²) >= 11 is 9.01. The van der Waals surface area contributed by atoms with E-state index >= 15 is 0 Å². The Labute approximate surface area is 133 Å². The molecule has 0 aliphatic carbocycles. The zero-order valence-electron chi connectivity index (χ0n) is 11.2. The Morgan fingerprint density at radius 1 is 1.38 bits per heavy atom. The Balaban J connectivity index is 2.54. The van der Waals surface area contributed by atoms with Gasteiger partial charge in [0.05, 0.1) is 28.5 Å². The van der Waals surface area contributed by atoms with Gasteiger partial charge < -0.3 is 5.32 Å². The van der Waals surface area contributed by atoms with E-state index in [0.717, 1.165) is 6.07 Å². The van der Waals surface area contributed by atoms with Gasteiger partial charge in [-0.25, -0.2) is 0 Å². The minimum absolute atomic E-state index is 0.00436. The van der Waals surface area contributed by atoms with E-state index < -0.39 is 17.8 Å². The van der Waals surface area contributed by atoms with Crippen LogP contribution in [0.25, 0.3) is 0 Å². The number of nitrogens with one attached hydrogen (secondary N) is 1. The topological polar surface area (TPSA) is 29.9 Å². The number of rotatable bonds is 3. The molecule has 0 aliphatic heterocycles. The number of halogens is 5. The summed E-state index contributed by atoms with van der Waals surface area (Å²) in [7, 11) is 3.35. The number of hydrogen-bond donors (Lipinski definition) is 1. The van der Waals surface area contributed by atoms with Crippen LogP contribution in [0.5, 0.6) is 0 Å². The van der Waals surface area contributed by atoms with Crippen LogP contribution >= 0.6 is 27.5 Å². The molecule has 0 radical (unpaired) electrons. The Bertz CT molecular complexity index is 635. The first-order valence-corrected chi connectivity index (χ1v) is 7.14. The van der Waals surface area contributed by atoms with Crippen molar-refractivity contribution in [3.8, 4) is 0 Å². The summed E-state index contributed by atoms with van der Waals surface area (Å²) in [5, 5.41) is 7.38. The van der Waals surface area contributed by atoms with Crippen molar-refractivity contribution in [1.82, 2.24) is 15.1 Å². The third kappa shape index (κ3) is 3.25. The summed E-state index contributed by atoms with van der Waals surface area (Å²) in [6.45, 7) is 0. The third-order valence-corrected chi connectivity index (χ3v) is 4.11. The predicted octanol–water partition coefficient (Wildman–Crippen LogP) is 4.16. The molecule has 1 unspecified atom stereocenters. The molecule has 0 amide bonds. The Hall–Kier alpha value is -1.05. The van der Waals surface area contributed by atoms with E-state index in [2.05, 4.69) is 26.3 Å². The fraction of sp³-hybridized carbons (Fsp3) is 0.308. The standard InChI is InChI=1S/C13H12BrClF3N3/c1-19-11(12-10(15)6-20-21(12)2)7-3-4-9(14)8(5-7)13(16,17)18/h3-6,11,19H,1-2H3. The van der Waals surface area contributed by atoms with E-state index in [1.165, 1.54) is 12.3 Å². The highest BCUT2D eigenvalue weighted by molar-refractivity contribution is 9.10. The van der Waals surface area contributed by atoms with Crippen LogP contribution in [-0.2, 0) is 13.2 Å². The molecule has 8 heteroatoms. The summed E-state index contributed by atoms with van der Waals surface area (Å²) in [5.74, 6) is 0. The predicted molar refractivity (Wildman–Crippen MR) is 78.3 cm³/mol. The van der Waals surface area contributed by atoms with Crippen molar-refractivity contribution < 1.29 is 13.2 Å². The van der Waals surface area contributed by atoms with Crippen molar-refractivity contribution in [2.75, 3.05) is 7.05 Å². The molecule has 2 aromatic rings. The largest absolute Gasteiger partial charge is 0.417 e. The normalized spacial score (nSPS) is 13.5. The fourth-order valence-corrected chi connectivity index (χ4v) is 2.89. The summed E-state index contributed by atoms with van der Waals surface area (Å²) < 4.78 is 40.6. The maximum absolute atomic E-state index is 13.0. The third-order valence-electron chi connectivity index (χ3n) is 3.13.